The number of anilines is 1. The lowest BCUT2D eigenvalue weighted by Gasteiger charge is -2.27. The Morgan fingerprint density at radius 1 is 1.58 bits per heavy atom. The van der Waals surface area contributed by atoms with Crippen molar-refractivity contribution in [1.82, 2.24) is 9.78 Å². The fraction of sp³-hybridized carbons (Fsp3) is 0.583. The van der Waals surface area contributed by atoms with E-state index in [9.17, 15) is 13.6 Å². The van der Waals surface area contributed by atoms with Crippen molar-refractivity contribution in [2.24, 2.45) is 13.0 Å². The molecule has 1 aromatic heterocycles. The van der Waals surface area contributed by atoms with Crippen molar-refractivity contribution in [1.29, 1.82) is 5.26 Å². The van der Waals surface area contributed by atoms with E-state index < -0.39 is 11.8 Å². The average Bonchev–Trinajstić information content (AvgIpc) is 2.70. The maximum absolute atomic E-state index is 13.0. The van der Waals surface area contributed by atoms with Gasteiger partial charge in [0, 0.05) is 25.8 Å². The molecule has 0 aromatic carbocycles. The standard InChI is InChI=1S/C12H14F2N4O/c1-18-10(9(6-15)7-16-18)17-11(19)8-2-4-12(13,14)5-3-8/h7-8H,2-5H2,1H3,(H,17,19). The van der Waals surface area contributed by atoms with E-state index in [0.717, 1.165) is 0 Å². The molecule has 19 heavy (non-hydrogen) atoms. The number of amides is 1. The van der Waals surface area contributed by atoms with Gasteiger partial charge in [-0.25, -0.2) is 8.78 Å². The van der Waals surface area contributed by atoms with Crippen LogP contribution in [0.1, 0.15) is 31.2 Å². The molecular weight excluding hydrogens is 254 g/mol. The van der Waals surface area contributed by atoms with Gasteiger partial charge >= 0.3 is 0 Å². The summed E-state index contributed by atoms with van der Waals surface area (Å²) < 4.78 is 27.4. The second-order valence-electron chi connectivity index (χ2n) is 4.76. The second kappa shape index (κ2) is 4.96. The van der Waals surface area contributed by atoms with Gasteiger partial charge in [0.1, 0.15) is 17.5 Å². The van der Waals surface area contributed by atoms with Gasteiger partial charge in [0.25, 0.3) is 0 Å². The average molecular weight is 268 g/mol. The Balaban J connectivity index is 2.02. The first-order valence-corrected chi connectivity index (χ1v) is 6.04. The lowest BCUT2D eigenvalue weighted by molar-refractivity contribution is -0.124. The molecule has 1 aliphatic carbocycles. The summed E-state index contributed by atoms with van der Waals surface area (Å²) in [6.07, 6.45) is 1.16. The Hall–Kier alpha value is -1.97. The molecule has 1 aromatic rings. The number of halogens is 2. The third-order valence-electron chi connectivity index (χ3n) is 3.39. The van der Waals surface area contributed by atoms with Crippen LogP contribution in [0.2, 0.25) is 0 Å². The molecule has 0 saturated heterocycles. The minimum atomic E-state index is -2.65. The molecule has 102 valence electrons. The molecule has 1 amide bonds. The Labute approximate surface area is 109 Å². The molecule has 0 radical (unpaired) electrons. The quantitative estimate of drug-likeness (QED) is 0.892. The van der Waals surface area contributed by atoms with Crippen LogP contribution in [0.4, 0.5) is 14.6 Å². The van der Waals surface area contributed by atoms with E-state index in [4.69, 9.17) is 5.26 Å². The topological polar surface area (TPSA) is 70.7 Å². The van der Waals surface area contributed by atoms with Crippen LogP contribution in [0.5, 0.6) is 0 Å². The number of aryl methyl sites for hydroxylation is 1. The minimum absolute atomic E-state index is 0.165. The number of carbonyl (C=O) groups is 1. The van der Waals surface area contributed by atoms with Crippen LogP contribution in [0.3, 0.4) is 0 Å². The lowest BCUT2D eigenvalue weighted by atomic mass is 9.86. The van der Waals surface area contributed by atoms with Crippen LogP contribution >= 0.6 is 0 Å². The SMILES string of the molecule is Cn1ncc(C#N)c1NC(=O)C1CCC(F)(F)CC1. The molecule has 1 fully saturated rings. The molecule has 2 rings (SSSR count). The van der Waals surface area contributed by atoms with Gasteiger partial charge in [-0.05, 0) is 12.8 Å². The zero-order chi connectivity index (χ0) is 14.0. The van der Waals surface area contributed by atoms with Crippen LogP contribution in [-0.2, 0) is 11.8 Å². The van der Waals surface area contributed by atoms with Crippen LogP contribution in [-0.4, -0.2) is 21.6 Å². The van der Waals surface area contributed by atoms with Crippen molar-refractivity contribution in [3.8, 4) is 6.07 Å². The highest BCUT2D eigenvalue weighted by atomic mass is 19.3. The number of hydrogen-bond acceptors (Lipinski definition) is 3. The summed E-state index contributed by atoms with van der Waals surface area (Å²) in [5.74, 6) is -3.09. The number of nitriles is 1. The molecule has 1 N–H and O–H groups in total. The van der Waals surface area contributed by atoms with Crippen molar-refractivity contribution < 1.29 is 13.6 Å². The summed E-state index contributed by atoms with van der Waals surface area (Å²) >= 11 is 0. The number of carbonyl (C=O) groups excluding carboxylic acids is 1. The van der Waals surface area contributed by atoms with Crippen molar-refractivity contribution in [3.63, 3.8) is 0 Å². The molecule has 1 saturated carbocycles. The van der Waals surface area contributed by atoms with E-state index in [1.807, 2.05) is 6.07 Å². The van der Waals surface area contributed by atoms with E-state index >= 15 is 0 Å². The fourth-order valence-electron chi connectivity index (χ4n) is 2.19. The molecule has 0 aliphatic heterocycles. The van der Waals surface area contributed by atoms with Gasteiger partial charge < -0.3 is 5.32 Å². The Bertz CT molecular complexity index is 522. The molecule has 0 unspecified atom stereocenters. The lowest BCUT2D eigenvalue weighted by Crippen LogP contribution is -2.32. The van der Waals surface area contributed by atoms with Gasteiger partial charge in [-0.15, -0.1) is 0 Å². The molecule has 0 spiro atoms. The van der Waals surface area contributed by atoms with Gasteiger partial charge in [-0.2, -0.15) is 10.4 Å². The number of nitrogens with one attached hydrogen (secondary N) is 1. The zero-order valence-corrected chi connectivity index (χ0v) is 10.5. The summed E-state index contributed by atoms with van der Waals surface area (Å²) in [6.45, 7) is 0. The van der Waals surface area contributed by atoms with E-state index in [2.05, 4.69) is 10.4 Å². The van der Waals surface area contributed by atoms with Gasteiger partial charge in [0.15, 0.2) is 0 Å². The monoisotopic (exact) mass is 268 g/mol. The molecule has 0 atom stereocenters. The zero-order valence-electron chi connectivity index (χ0n) is 10.5. The minimum Gasteiger partial charge on any atom is -0.310 e. The van der Waals surface area contributed by atoms with E-state index in [1.54, 1.807) is 7.05 Å². The maximum Gasteiger partial charge on any atom is 0.248 e. The molecule has 7 heteroatoms. The number of aromatic nitrogens is 2. The molecular formula is C12H14F2N4O. The first-order chi connectivity index (χ1) is 8.93. The van der Waals surface area contributed by atoms with Crippen LogP contribution in [0, 0.1) is 17.2 Å². The van der Waals surface area contributed by atoms with Crippen LogP contribution in [0.15, 0.2) is 6.20 Å². The summed E-state index contributed by atoms with van der Waals surface area (Å²) in [5, 5.41) is 15.3. The largest absolute Gasteiger partial charge is 0.310 e. The summed E-state index contributed by atoms with van der Waals surface area (Å²) in [7, 11) is 1.60. The van der Waals surface area contributed by atoms with E-state index in [-0.39, 0.29) is 37.2 Å². The highest BCUT2D eigenvalue weighted by Crippen LogP contribution is 2.36. The molecule has 0 bridgehead atoms. The number of hydrogen-bond donors (Lipinski definition) is 1. The molecule has 1 aliphatic rings. The normalized spacial score (nSPS) is 18.8. The second-order valence-corrected chi connectivity index (χ2v) is 4.76. The Morgan fingerprint density at radius 3 is 2.79 bits per heavy atom. The first kappa shape index (κ1) is 13.5. The van der Waals surface area contributed by atoms with Crippen LogP contribution in [0.25, 0.3) is 0 Å². The maximum atomic E-state index is 13.0. The van der Waals surface area contributed by atoms with E-state index in [0.29, 0.717) is 5.82 Å². The predicted octanol–water partition coefficient (Wildman–Crippen LogP) is 2.06. The van der Waals surface area contributed by atoms with Gasteiger partial charge in [0.05, 0.1) is 6.20 Å². The van der Waals surface area contributed by atoms with Crippen molar-refractivity contribution >= 4 is 11.7 Å². The predicted molar refractivity (Wildman–Crippen MR) is 63.5 cm³/mol. The third-order valence-corrected chi connectivity index (χ3v) is 3.39. The fourth-order valence-corrected chi connectivity index (χ4v) is 2.19. The highest BCUT2D eigenvalue weighted by molar-refractivity contribution is 5.92. The van der Waals surface area contributed by atoms with Crippen LogP contribution < -0.4 is 5.32 Å². The Kier molecular flexibility index (Phi) is 3.51. The number of alkyl halides is 2. The van der Waals surface area contributed by atoms with Gasteiger partial charge in [-0.1, -0.05) is 0 Å². The van der Waals surface area contributed by atoms with Crippen molar-refractivity contribution in [3.05, 3.63) is 11.8 Å². The summed E-state index contributed by atoms with van der Waals surface area (Å²) in [6, 6.07) is 1.92. The smallest absolute Gasteiger partial charge is 0.248 e. The van der Waals surface area contributed by atoms with Crippen molar-refractivity contribution in [2.75, 3.05) is 5.32 Å². The van der Waals surface area contributed by atoms with Crippen molar-refractivity contribution in [2.45, 2.75) is 31.6 Å². The third kappa shape index (κ3) is 2.89. The number of rotatable bonds is 2. The molecule has 1 heterocycles. The first-order valence-electron chi connectivity index (χ1n) is 6.04. The molecule has 5 nitrogen and oxygen atoms in total. The van der Waals surface area contributed by atoms with E-state index in [1.165, 1.54) is 10.9 Å². The van der Waals surface area contributed by atoms with Gasteiger partial charge in [0.2, 0.25) is 11.8 Å². The summed E-state index contributed by atoms with van der Waals surface area (Å²) in [4.78, 5) is 12.0. The summed E-state index contributed by atoms with van der Waals surface area (Å²) in [5.41, 5.74) is 0.261. The highest BCUT2D eigenvalue weighted by Gasteiger charge is 2.37. The Morgan fingerprint density at radius 2 is 2.21 bits per heavy atom. The number of nitrogens with zero attached hydrogens (tertiary/aromatic N) is 3. The van der Waals surface area contributed by atoms with Gasteiger partial charge in [-0.3, -0.25) is 9.48 Å².